The highest BCUT2D eigenvalue weighted by atomic mass is 79.9. The number of nitrogens with two attached hydrogens (primary N) is 1. The smallest absolute Gasteiger partial charge is 0.241 e. The Morgan fingerprint density at radius 3 is 2.65 bits per heavy atom. The number of hydrogen-bond acceptors (Lipinski definition) is 4. The predicted molar refractivity (Wildman–Crippen MR) is 78.8 cm³/mol. The summed E-state index contributed by atoms with van der Waals surface area (Å²) in [5, 5.41) is 5.19. The highest BCUT2D eigenvalue weighted by molar-refractivity contribution is 9.10. The van der Waals surface area contributed by atoms with Crippen LogP contribution in [0.5, 0.6) is 5.75 Å². The van der Waals surface area contributed by atoms with E-state index in [0.29, 0.717) is 5.69 Å². The second kappa shape index (κ2) is 5.90. The van der Waals surface area contributed by atoms with Crippen LogP contribution in [0.1, 0.15) is 11.3 Å². The summed E-state index contributed by atoms with van der Waals surface area (Å²) in [6.45, 7) is 1.95. The van der Waals surface area contributed by atoms with Crippen LogP contribution in [-0.4, -0.2) is 13.4 Å². The van der Waals surface area contributed by atoms with Gasteiger partial charge in [0, 0.05) is 10.7 Å². The minimum atomic E-state index is -3.82. The molecule has 2 aromatic rings. The Hall–Kier alpha value is -1.44. The van der Waals surface area contributed by atoms with E-state index in [1.807, 2.05) is 6.07 Å². The third-order valence-corrected chi connectivity index (χ3v) is 3.97. The van der Waals surface area contributed by atoms with Gasteiger partial charge in [-0.05, 0) is 52.7 Å². The van der Waals surface area contributed by atoms with E-state index in [9.17, 15) is 8.42 Å². The van der Waals surface area contributed by atoms with Gasteiger partial charge in [-0.3, -0.25) is 4.98 Å². The van der Waals surface area contributed by atoms with Gasteiger partial charge in [-0.2, -0.15) is 0 Å². The van der Waals surface area contributed by atoms with Gasteiger partial charge in [-0.15, -0.1) is 0 Å². The van der Waals surface area contributed by atoms with E-state index in [1.165, 1.54) is 6.07 Å². The second-order valence-electron chi connectivity index (χ2n) is 4.25. The molecule has 2 rings (SSSR count). The average Bonchev–Trinajstić information content (AvgIpc) is 2.38. The molecule has 2 N–H and O–H groups in total. The van der Waals surface area contributed by atoms with Crippen molar-refractivity contribution in [1.82, 2.24) is 4.98 Å². The van der Waals surface area contributed by atoms with Crippen LogP contribution in [0.2, 0.25) is 0 Å². The van der Waals surface area contributed by atoms with Crippen LogP contribution >= 0.6 is 15.9 Å². The maximum absolute atomic E-state index is 11.5. The molecule has 0 fully saturated rings. The second-order valence-corrected chi connectivity index (χ2v) is 6.70. The Labute approximate surface area is 126 Å². The average molecular weight is 357 g/mol. The molecule has 5 nitrogen and oxygen atoms in total. The van der Waals surface area contributed by atoms with E-state index in [-0.39, 0.29) is 17.3 Å². The quantitative estimate of drug-likeness (QED) is 0.911. The Balaban J connectivity index is 2.23. The molecule has 20 heavy (non-hydrogen) atoms. The number of aryl methyl sites for hydroxylation is 1. The molecule has 0 unspecified atom stereocenters. The summed E-state index contributed by atoms with van der Waals surface area (Å²) in [7, 11) is -3.82. The van der Waals surface area contributed by atoms with Crippen molar-refractivity contribution in [2.24, 2.45) is 5.14 Å². The van der Waals surface area contributed by atoms with Gasteiger partial charge in [-0.1, -0.05) is 6.07 Å². The predicted octanol–water partition coefficient (Wildman–Crippen LogP) is 2.38. The number of aromatic nitrogens is 1. The number of sulfonamides is 1. The van der Waals surface area contributed by atoms with E-state index in [2.05, 4.69) is 20.9 Å². The lowest BCUT2D eigenvalue weighted by molar-refractivity contribution is 0.293. The molecule has 0 saturated heterocycles. The number of rotatable bonds is 4. The van der Waals surface area contributed by atoms with E-state index in [4.69, 9.17) is 9.88 Å². The first-order valence-electron chi connectivity index (χ1n) is 5.73. The maximum atomic E-state index is 11.5. The van der Waals surface area contributed by atoms with Crippen molar-refractivity contribution in [2.45, 2.75) is 18.4 Å². The molecular weight excluding hydrogens is 344 g/mol. The number of pyridine rings is 1. The molecule has 0 spiro atoms. The van der Waals surface area contributed by atoms with Crippen LogP contribution in [0.3, 0.4) is 0 Å². The van der Waals surface area contributed by atoms with Gasteiger partial charge in [0.05, 0.1) is 5.69 Å². The third kappa shape index (κ3) is 3.78. The van der Waals surface area contributed by atoms with Gasteiger partial charge >= 0.3 is 0 Å². The molecule has 0 atom stereocenters. The molecule has 0 saturated carbocycles. The van der Waals surface area contributed by atoms with Gasteiger partial charge in [0.15, 0.2) is 0 Å². The minimum absolute atomic E-state index is 0.0189. The molecule has 1 aromatic carbocycles. The molecule has 1 aromatic heterocycles. The van der Waals surface area contributed by atoms with Crippen molar-refractivity contribution in [3.63, 3.8) is 0 Å². The molecular formula is C13H13BrN2O3S. The molecule has 0 amide bonds. The summed E-state index contributed by atoms with van der Waals surface area (Å²) in [6, 6.07) is 8.46. The number of hydrogen-bond donors (Lipinski definition) is 1. The van der Waals surface area contributed by atoms with Crippen LogP contribution in [-0.2, 0) is 16.6 Å². The Morgan fingerprint density at radius 2 is 2.05 bits per heavy atom. The molecule has 0 aliphatic heterocycles. The molecule has 0 radical (unpaired) electrons. The topological polar surface area (TPSA) is 82.3 Å². The third-order valence-electron chi connectivity index (χ3n) is 2.57. The van der Waals surface area contributed by atoms with Gasteiger partial charge in [0.25, 0.3) is 0 Å². The molecule has 7 heteroatoms. The van der Waals surface area contributed by atoms with Crippen molar-refractivity contribution in [3.05, 3.63) is 52.3 Å². The van der Waals surface area contributed by atoms with E-state index in [1.54, 1.807) is 31.3 Å². The van der Waals surface area contributed by atoms with E-state index in [0.717, 1.165) is 10.0 Å². The van der Waals surface area contributed by atoms with Gasteiger partial charge in [-0.25, -0.2) is 13.6 Å². The lowest BCUT2D eigenvalue weighted by atomic mass is 10.2. The SMILES string of the molecule is Cc1ccc(OCc2ccc(Br)cn2)c(S(N)(=O)=O)c1. The van der Waals surface area contributed by atoms with Crippen LogP contribution in [0.25, 0.3) is 0 Å². The number of primary sulfonamides is 1. The van der Waals surface area contributed by atoms with Gasteiger partial charge < -0.3 is 4.74 Å². The first kappa shape index (κ1) is 15.0. The van der Waals surface area contributed by atoms with Crippen molar-refractivity contribution in [3.8, 4) is 5.75 Å². The van der Waals surface area contributed by atoms with Crippen LogP contribution in [0.15, 0.2) is 45.9 Å². The van der Waals surface area contributed by atoms with Crippen molar-refractivity contribution in [2.75, 3.05) is 0 Å². The van der Waals surface area contributed by atoms with Crippen molar-refractivity contribution >= 4 is 26.0 Å². The molecule has 0 aliphatic carbocycles. The number of benzene rings is 1. The Kier molecular flexibility index (Phi) is 4.42. The molecule has 0 bridgehead atoms. The highest BCUT2D eigenvalue weighted by Gasteiger charge is 2.15. The summed E-state index contributed by atoms with van der Waals surface area (Å²) in [6.07, 6.45) is 1.65. The summed E-state index contributed by atoms with van der Waals surface area (Å²) in [5.41, 5.74) is 1.48. The summed E-state index contributed by atoms with van der Waals surface area (Å²) >= 11 is 3.29. The largest absolute Gasteiger partial charge is 0.486 e. The Bertz CT molecular complexity index is 715. The van der Waals surface area contributed by atoms with Crippen molar-refractivity contribution < 1.29 is 13.2 Å². The molecule has 0 aliphatic rings. The lowest BCUT2D eigenvalue weighted by Gasteiger charge is -2.10. The minimum Gasteiger partial charge on any atom is -0.486 e. The maximum Gasteiger partial charge on any atom is 0.241 e. The van der Waals surface area contributed by atoms with Crippen molar-refractivity contribution in [1.29, 1.82) is 0 Å². The van der Waals surface area contributed by atoms with Crippen LogP contribution in [0.4, 0.5) is 0 Å². The number of ether oxygens (including phenoxy) is 1. The standard InChI is InChI=1S/C13H13BrN2O3S/c1-9-2-5-12(13(6-9)20(15,17)18)19-8-11-4-3-10(14)7-16-11/h2-7H,8H2,1H3,(H2,15,17,18). The van der Waals surface area contributed by atoms with E-state index >= 15 is 0 Å². The van der Waals surface area contributed by atoms with Gasteiger partial charge in [0.1, 0.15) is 17.3 Å². The summed E-state index contributed by atoms with van der Waals surface area (Å²) < 4.78 is 29.4. The zero-order valence-electron chi connectivity index (χ0n) is 10.7. The number of nitrogens with zero attached hydrogens (tertiary/aromatic N) is 1. The zero-order valence-corrected chi connectivity index (χ0v) is 13.1. The monoisotopic (exact) mass is 356 g/mol. The fourth-order valence-corrected chi connectivity index (χ4v) is 2.59. The summed E-state index contributed by atoms with van der Waals surface area (Å²) in [4.78, 5) is 4.13. The first-order chi connectivity index (χ1) is 9.36. The highest BCUT2D eigenvalue weighted by Crippen LogP contribution is 2.24. The van der Waals surface area contributed by atoms with Crippen LogP contribution in [0, 0.1) is 6.92 Å². The molecule has 106 valence electrons. The summed E-state index contributed by atoms with van der Waals surface area (Å²) in [5.74, 6) is 0.225. The zero-order chi connectivity index (χ0) is 14.8. The van der Waals surface area contributed by atoms with Gasteiger partial charge in [0.2, 0.25) is 10.0 Å². The Morgan fingerprint density at radius 1 is 1.30 bits per heavy atom. The number of halogens is 1. The van der Waals surface area contributed by atoms with Crippen LogP contribution < -0.4 is 9.88 Å². The molecule has 1 heterocycles. The lowest BCUT2D eigenvalue weighted by Crippen LogP contribution is -2.14. The fourth-order valence-electron chi connectivity index (χ4n) is 1.60. The first-order valence-corrected chi connectivity index (χ1v) is 8.07. The normalized spacial score (nSPS) is 11.3. The fraction of sp³-hybridized carbons (Fsp3) is 0.154. The van der Waals surface area contributed by atoms with E-state index < -0.39 is 10.0 Å².